The first-order valence-electron chi connectivity index (χ1n) is 7.15. The van der Waals surface area contributed by atoms with Crippen LogP contribution < -0.4 is 9.62 Å². The van der Waals surface area contributed by atoms with Crippen molar-refractivity contribution in [1.29, 1.82) is 0 Å². The molecule has 0 aliphatic heterocycles. The van der Waals surface area contributed by atoms with Gasteiger partial charge in [0.2, 0.25) is 5.91 Å². The average molecular weight is 387 g/mol. The van der Waals surface area contributed by atoms with Gasteiger partial charge in [-0.25, -0.2) is 8.42 Å². The molecule has 0 bridgehead atoms. The second-order valence-electron chi connectivity index (χ2n) is 4.87. The highest BCUT2D eigenvalue weighted by Gasteiger charge is 2.28. The van der Waals surface area contributed by atoms with E-state index in [1.807, 2.05) is 0 Å². The number of sulfonamides is 1. The van der Waals surface area contributed by atoms with Crippen LogP contribution in [0, 0.1) is 0 Å². The third-order valence-electron chi connectivity index (χ3n) is 3.17. The number of hydrogen-bond acceptors (Lipinski definition) is 3. The van der Waals surface area contributed by atoms with E-state index in [0.717, 1.165) is 4.31 Å². The molecule has 0 radical (unpaired) electrons. The molecule has 0 saturated carbocycles. The van der Waals surface area contributed by atoms with Crippen LogP contribution in [0.15, 0.2) is 53.4 Å². The third kappa shape index (κ3) is 4.20. The Bertz CT molecular complexity index is 826. The van der Waals surface area contributed by atoms with Crippen LogP contribution >= 0.6 is 23.2 Å². The molecule has 0 aromatic heterocycles. The van der Waals surface area contributed by atoms with Crippen molar-refractivity contribution in [1.82, 2.24) is 5.32 Å². The molecule has 0 unspecified atom stereocenters. The number of hydrogen-bond donors (Lipinski definition) is 1. The molecule has 128 valence electrons. The van der Waals surface area contributed by atoms with Crippen LogP contribution in [0.2, 0.25) is 10.0 Å². The maximum Gasteiger partial charge on any atom is 0.264 e. The minimum Gasteiger partial charge on any atom is -0.355 e. The van der Waals surface area contributed by atoms with Crippen molar-refractivity contribution in [3.63, 3.8) is 0 Å². The monoisotopic (exact) mass is 386 g/mol. The minimum atomic E-state index is -3.98. The molecule has 2 aromatic rings. The summed E-state index contributed by atoms with van der Waals surface area (Å²) in [6.07, 6.45) is 0. The second-order valence-corrected chi connectivity index (χ2v) is 7.58. The molecule has 0 atom stereocenters. The number of likely N-dealkylation sites (N-methyl/N-ethyl adjacent to an activating group) is 1. The zero-order valence-electron chi connectivity index (χ0n) is 12.9. The normalized spacial score (nSPS) is 11.1. The van der Waals surface area contributed by atoms with Crippen LogP contribution in [-0.2, 0) is 14.8 Å². The van der Waals surface area contributed by atoms with Crippen LogP contribution in [-0.4, -0.2) is 27.4 Å². The third-order valence-corrected chi connectivity index (χ3v) is 5.50. The summed E-state index contributed by atoms with van der Waals surface area (Å²) in [5, 5.41) is 3.08. The summed E-state index contributed by atoms with van der Waals surface area (Å²) in [6, 6.07) is 12.3. The number of anilines is 1. The van der Waals surface area contributed by atoms with Gasteiger partial charge in [0.15, 0.2) is 0 Å². The molecule has 0 fully saturated rings. The number of halogens is 2. The van der Waals surface area contributed by atoms with Crippen LogP contribution in [0.4, 0.5) is 5.69 Å². The van der Waals surface area contributed by atoms with Gasteiger partial charge in [-0.2, -0.15) is 0 Å². The van der Waals surface area contributed by atoms with Gasteiger partial charge in [0, 0.05) is 11.6 Å². The van der Waals surface area contributed by atoms with E-state index in [1.165, 1.54) is 24.3 Å². The summed E-state index contributed by atoms with van der Waals surface area (Å²) in [5.74, 6) is -0.437. The van der Waals surface area contributed by atoms with E-state index in [4.69, 9.17) is 23.2 Å². The van der Waals surface area contributed by atoms with Gasteiger partial charge in [-0.1, -0.05) is 41.4 Å². The smallest absolute Gasteiger partial charge is 0.264 e. The van der Waals surface area contributed by atoms with Gasteiger partial charge in [-0.15, -0.1) is 0 Å². The first-order chi connectivity index (χ1) is 11.4. The molecule has 2 rings (SSSR count). The van der Waals surface area contributed by atoms with E-state index in [9.17, 15) is 13.2 Å². The fourth-order valence-electron chi connectivity index (χ4n) is 2.08. The predicted molar refractivity (Wildman–Crippen MR) is 96.1 cm³/mol. The van der Waals surface area contributed by atoms with Gasteiger partial charge in [0.25, 0.3) is 10.0 Å². The molecular weight excluding hydrogens is 371 g/mol. The Morgan fingerprint density at radius 1 is 1.12 bits per heavy atom. The average Bonchev–Trinajstić information content (AvgIpc) is 2.56. The molecule has 1 amide bonds. The molecular formula is C16H16Cl2N2O3S. The Morgan fingerprint density at radius 3 is 2.42 bits per heavy atom. The van der Waals surface area contributed by atoms with Crippen molar-refractivity contribution < 1.29 is 13.2 Å². The number of carbonyl (C=O) groups excluding carboxylic acids is 1. The van der Waals surface area contributed by atoms with Crippen molar-refractivity contribution in [2.45, 2.75) is 11.8 Å². The van der Waals surface area contributed by atoms with E-state index in [2.05, 4.69) is 5.32 Å². The summed E-state index contributed by atoms with van der Waals surface area (Å²) >= 11 is 12.1. The highest BCUT2D eigenvalue weighted by atomic mass is 35.5. The molecule has 8 heteroatoms. The number of benzene rings is 2. The molecule has 0 saturated heterocycles. The standard InChI is InChI=1S/C16H16Cl2N2O3S/c1-2-19-16(21)11-20(15-10-12(17)8-9-14(15)18)24(22,23)13-6-4-3-5-7-13/h3-10H,2,11H2,1H3,(H,19,21). The van der Waals surface area contributed by atoms with Crippen LogP contribution in [0.3, 0.4) is 0 Å². The lowest BCUT2D eigenvalue weighted by molar-refractivity contribution is -0.119. The minimum absolute atomic E-state index is 0.0605. The predicted octanol–water partition coefficient (Wildman–Crippen LogP) is 3.32. The van der Waals surface area contributed by atoms with Gasteiger partial charge in [-0.05, 0) is 37.3 Å². The Kier molecular flexibility index (Phi) is 6.10. The molecule has 0 aliphatic carbocycles. The molecule has 24 heavy (non-hydrogen) atoms. The van der Waals surface area contributed by atoms with Gasteiger partial charge in [-0.3, -0.25) is 9.10 Å². The van der Waals surface area contributed by atoms with Gasteiger partial charge in [0.1, 0.15) is 6.54 Å². The van der Waals surface area contributed by atoms with E-state index >= 15 is 0 Å². The van der Waals surface area contributed by atoms with E-state index < -0.39 is 22.5 Å². The van der Waals surface area contributed by atoms with Crippen molar-refractivity contribution in [2.24, 2.45) is 0 Å². The fraction of sp³-hybridized carbons (Fsp3) is 0.188. The highest BCUT2D eigenvalue weighted by molar-refractivity contribution is 7.92. The van der Waals surface area contributed by atoms with Gasteiger partial charge < -0.3 is 5.32 Å². The van der Waals surface area contributed by atoms with Gasteiger partial charge >= 0.3 is 0 Å². The zero-order valence-corrected chi connectivity index (χ0v) is 15.2. The Labute approximate surface area is 151 Å². The molecule has 0 spiro atoms. The molecule has 5 nitrogen and oxygen atoms in total. The van der Waals surface area contributed by atoms with Crippen molar-refractivity contribution in [2.75, 3.05) is 17.4 Å². The first kappa shape index (κ1) is 18.6. The largest absolute Gasteiger partial charge is 0.355 e. The lowest BCUT2D eigenvalue weighted by atomic mass is 10.3. The summed E-state index contributed by atoms with van der Waals surface area (Å²) in [4.78, 5) is 12.1. The van der Waals surface area contributed by atoms with E-state index in [1.54, 1.807) is 31.2 Å². The Hall–Kier alpha value is -1.76. The van der Waals surface area contributed by atoms with Crippen molar-refractivity contribution >= 4 is 44.8 Å². The second kappa shape index (κ2) is 7.88. The lowest BCUT2D eigenvalue weighted by Gasteiger charge is -2.25. The lowest BCUT2D eigenvalue weighted by Crippen LogP contribution is -2.41. The Morgan fingerprint density at radius 2 is 1.79 bits per heavy atom. The summed E-state index contributed by atoms with van der Waals surface area (Å²) < 4.78 is 26.9. The SMILES string of the molecule is CCNC(=O)CN(c1cc(Cl)ccc1Cl)S(=O)(=O)c1ccccc1. The van der Waals surface area contributed by atoms with E-state index in [-0.39, 0.29) is 15.6 Å². The maximum absolute atomic E-state index is 13.0. The number of nitrogens with one attached hydrogen (secondary N) is 1. The maximum atomic E-state index is 13.0. The van der Waals surface area contributed by atoms with E-state index in [0.29, 0.717) is 11.6 Å². The Balaban J connectivity index is 2.55. The van der Waals surface area contributed by atoms with Gasteiger partial charge in [0.05, 0.1) is 15.6 Å². The molecule has 0 heterocycles. The molecule has 0 aliphatic rings. The van der Waals surface area contributed by atoms with Crippen molar-refractivity contribution in [3.8, 4) is 0 Å². The summed E-state index contributed by atoms with van der Waals surface area (Å²) in [6.45, 7) is 1.74. The summed E-state index contributed by atoms with van der Waals surface area (Å²) in [5.41, 5.74) is 0.152. The number of carbonyl (C=O) groups is 1. The number of amides is 1. The van der Waals surface area contributed by atoms with Crippen molar-refractivity contribution in [3.05, 3.63) is 58.6 Å². The van der Waals surface area contributed by atoms with Crippen LogP contribution in [0.25, 0.3) is 0 Å². The molecule has 2 aromatic carbocycles. The topological polar surface area (TPSA) is 66.5 Å². The van der Waals surface area contributed by atoms with Crippen LogP contribution in [0.1, 0.15) is 6.92 Å². The zero-order chi connectivity index (χ0) is 17.7. The van der Waals surface area contributed by atoms with Crippen LogP contribution in [0.5, 0.6) is 0 Å². The molecule has 1 N–H and O–H groups in total. The number of nitrogens with zero attached hydrogens (tertiary/aromatic N) is 1. The first-order valence-corrected chi connectivity index (χ1v) is 9.35. The number of rotatable bonds is 6. The quantitative estimate of drug-likeness (QED) is 0.827. The highest BCUT2D eigenvalue weighted by Crippen LogP contribution is 2.32. The summed E-state index contributed by atoms with van der Waals surface area (Å²) in [7, 11) is -3.98. The fourth-order valence-corrected chi connectivity index (χ4v) is 3.97.